The van der Waals surface area contributed by atoms with Gasteiger partial charge in [-0.15, -0.1) is 0 Å². The summed E-state index contributed by atoms with van der Waals surface area (Å²) in [7, 11) is 0. The molecular weight excluding hydrogens is 380 g/mol. The molecule has 1 aromatic heterocycles. The molecule has 0 aliphatic carbocycles. The third-order valence-electron chi connectivity index (χ3n) is 5.39. The van der Waals surface area contributed by atoms with Crippen molar-refractivity contribution in [1.29, 1.82) is 0 Å². The zero-order chi connectivity index (χ0) is 21.1. The zero-order valence-electron chi connectivity index (χ0n) is 16.9. The Hall–Kier alpha value is -3.48. The van der Waals surface area contributed by atoms with E-state index < -0.39 is 0 Å². The highest BCUT2D eigenvalue weighted by molar-refractivity contribution is 6.21. The van der Waals surface area contributed by atoms with Crippen LogP contribution < -0.4 is 5.32 Å². The molecule has 30 heavy (non-hydrogen) atoms. The number of amides is 3. The molecular formula is C23H24N4O3. The van der Waals surface area contributed by atoms with E-state index in [0.29, 0.717) is 24.1 Å². The fourth-order valence-electron chi connectivity index (χ4n) is 3.87. The predicted octanol–water partition coefficient (Wildman–Crippen LogP) is 2.93. The normalized spacial score (nSPS) is 13.2. The number of imide groups is 1. The van der Waals surface area contributed by atoms with Crippen molar-refractivity contribution in [3.8, 4) is 0 Å². The molecule has 0 saturated heterocycles. The van der Waals surface area contributed by atoms with Gasteiger partial charge >= 0.3 is 0 Å². The Labute approximate surface area is 174 Å². The minimum Gasteiger partial charge on any atom is -0.356 e. The summed E-state index contributed by atoms with van der Waals surface area (Å²) in [6.07, 6.45) is 1.52. The summed E-state index contributed by atoms with van der Waals surface area (Å²) < 4.78 is 2.16. The van der Waals surface area contributed by atoms with Gasteiger partial charge in [-0.05, 0) is 44.0 Å². The van der Waals surface area contributed by atoms with E-state index in [-0.39, 0.29) is 30.7 Å². The van der Waals surface area contributed by atoms with Gasteiger partial charge in [0.1, 0.15) is 5.82 Å². The predicted molar refractivity (Wildman–Crippen MR) is 113 cm³/mol. The molecule has 154 valence electrons. The Kier molecular flexibility index (Phi) is 5.61. The first-order valence-electron chi connectivity index (χ1n) is 10.2. The van der Waals surface area contributed by atoms with E-state index in [1.165, 1.54) is 4.90 Å². The summed E-state index contributed by atoms with van der Waals surface area (Å²) in [5.41, 5.74) is 2.96. The monoisotopic (exact) mass is 404 g/mol. The molecule has 3 aromatic rings. The second kappa shape index (κ2) is 8.49. The molecule has 7 heteroatoms. The van der Waals surface area contributed by atoms with Gasteiger partial charge in [0, 0.05) is 26.1 Å². The Morgan fingerprint density at radius 3 is 2.33 bits per heavy atom. The lowest BCUT2D eigenvalue weighted by Crippen LogP contribution is -2.32. The number of nitrogens with one attached hydrogen (secondary N) is 1. The number of fused-ring (bicyclic) bond motifs is 2. The molecule has 0 unspecified atom stereocenters. The molecule has 3 amide bonds. The molecule has 4 rings (SSSR count). The summed E-state index contributed by atoms with van der Waals surface area (Å²) >= 11 is 0. The van der Waals surface area contributed by atoms with Gasteiger partial charge in [-0.25, -0.2) is 4.98 Å². The number of hydrogen-bond acceptors (Lipinski definition) is 4. The number of rotatable bonds is 8. The maximum atomic E-state index is 12.3. The van der Waals surface area contributed by atoms with Gasteiger partial charge < -0.3 is 9.88 Å². The number of aryl methyl sites for hydroxylation is 2. The number of hydrogen-bond donors (Lipinski definition) is 1. The first-order chi connectivity index (χ1) is 14.6. The maximum absolute atomic E-state index is 12.3. The van der Waals surface area contributed by atoms with Crippen LogP contribution in [0.1, 0.15) is 45.8 Å². The van der Waals surface area contributed by atoms with E-state index in [2.05, 4.69) is 14.9 Å². The average Bonchev–Trinajstić information content (AvgIpc) is 3.20. The van der Waals surface area contributed by atoms with Crippen LogP contribution in [0.15, 0.2) is 48.5 Å². The van der Waals surface area contributed by atoms with Gasteiger partial charge in [0.05, 0.1) is 22.2 Å². The molecule has 1 N–H and O–H groups in total. The fraction of sp³-hybridized carbons (Fsp3) is 0.304. The topological polar surface area (TPSA) is 84.3 Å². The third kappa shape index (κ3) is 3.83. The molecule has 1 aliphatic rings. The number of carbonyl (C=O) groups is 3. The molecule has 2 heterocycles. The van der Waals surface area contributed by atoms with Crippen molar-refractivity contribution in [2.24, 2.45) is 0 Å². The summed E-state index contributed by atoms with van der Waals surface area (Å²) in [6, 6.07) is 14.8. The highest BCUT2D eigenvalue weighted by Gasteiger charge is 2.34. The number of para-hydroxylation sites is 2. The SMILES string of the molecule is Cc1nc2ccccc2n1CCCNC(=O)CCCN1C(=O)c2ccccc2C1=O. The molecule has 0 atom stereocenters. The number of imidazole rings is 1. The number of aromatic nitrogens is 2. The lowest BCUT2D eigenvalue weighted by molar-refractivity contribution is -0.121. The van der Waals surface area contributed by atoms with Crippen molar-refractivity contribution in [2.75, 3.05) is 13.1 Å². The van der Waals surface area contributed by atoms with E-state index in [1.54, 1.807) is 24.3 Å². The average molecular weight is 404 g/mol. The van der Waals surface area contributed by atoms with Gasteiger partial charge in [-0.2, -0.15) is 0 Å². The van der Waals surface area contributed by atoms with Crippen molar-refractivity contribution in [2.45, 2.75) is 32.7 Å². The van der Waals surface area contributed by atoms with E-state index in [1.807, 2.05) is 31.2 Å². The zero-order valence-corrected chi connectivity index (χ0v) is 16.9. The Bertz CT molecular complexity index is 1080. The largest absolute Gasteiger partial charge is 0.356 e. The molecule has 0 fully saturated rings. The first kappa shape index (κ1) is 19.8. The van der Waals surface area contributed by atoms with Crippen LogP contribution in [0, 0.1) is 6.92 Å². The van der Waals surface area contributed by atoms with Crippen LogP contribution in [0.3, 0.4) is 0 Å². The minimum absolute atomic E-state index is 0.0705. The third-order valence-corrected chi connectivity index (χ3v) is 5.39. The summed E-state index contributed by atoms with van der Waals surface area (Å²) in [4.78, 5) is 42.5. The Morgan fingerprint density at radius 2 is 1.60 bits per heavy atom. The van der Waals surface area contributed by atoms with Gasteiger partial charge in [-0.1, -0.05) is 24.3 Å². The van der Waals surface area contributed by atoms with Crippen molar-refractivity contribution in [1.82, 2.24) is 19.8 Å². The Balaban J connectivity index is 1.19. The smallest absolute Gasteiger partial charge is 0.261 e. The molecule has 0 spiro atoms. The van der Waals surface area contributed by atoms with E-state index in [0.717, 1.165) is 29.8 Å². The summed E-state index contributed by atoms with van der Waals surface area (Å²) in [5.74, 6) is 0.333. The maximum Gasteiger partial charge on any atom is 0.261 e. The van der Waals surface area contributed by atoms with Gasteiger partial charge in [0.25, 0.3) is 11.8 Å². The van der Waals surface area contributed by atoms with E-state index >= 15 is 0 Å². The van der Waals surface area contributed by atoms with E-state index in [9.17, 15) is 14.4 Å². The van der Waals surface area contributed by atoms with Crippen molar-refractivity contribution in [3.63, 3.8) is 0 Å². The lowest BCUT2D eigenvalue weighted by atomic mass is 10.1. The van der Waals surface area contributed by atoms with Crippen molar-refractivity contribution in [3.05, 3.63) is 65.5 Å². The Morgan fingerprint density at radius 1 is 0.933 bits per heavy atom. The molecule has 0 bridgehead atoms. The minimum atomic E-state index is -0.279. The van der Waals surface area contributed by atoms with Gasteiger partial charge in [-0.3, -0.25) is 19.3 Å². The van der Waals surface area contributed by atoms with Crippen LogP contribution in [-0.2, 0) is 11.3 Å². The van der Waals surface area contributed by atoms with Crippen LogP contribution >= 0.6 is 0 Å². The molecule has 2 aromatic carbocycles. The van der Waals surface area contributed by atoms with Crippen molar-refractivity contribution < 1.29 is 14.4 Å². The number of benzene rings is 2. The summed E-state index contributed by atoms with van der Waals surface area (Å²) in [6.45, 7) is 3.58. The van der Waals surface area contributed by atoms with Crippen LogP contribution in [0.5, 0.6) is 0 Å². The second-order valence-corrected chi connectivity index (χ2v) is 7.41. The lowest BCUT2D eigenvalue weighted by Gasteiger charge is -2.13. The number of nitrogens with zero attached hydrogens (tertiary/aromatic N) is 3. The molecule has 7 nitrogen and oxygen atoms in total. The molecule has 0 saturated carbocycles. The highest BCUT2D eigenvalue weighted by atomic mass is 16.2. The highest BCUT2D eigenvalue weighted by Crippen LogP contribution is 2.22. The first-order valence-corrected chi connectivity index (χ1v) is 10.2. The van der Waals surface area contributed by atoms with E-state index in [4.69, 9.17) is 0 Å². The summed E-state index contributed by atoms with van der Waals surface area (Å²) in [5, 5.41) is 2.92. The second-order valence-electron chi connectivity index (χ2n) is 7.41. The van der Waals surface area contributed by atoms with Gasteiger partial charge in [0.2, 0.25) is 5.91 Å². The molecule has 0 radical (unpaired) electrons. The van der Waals surface area contributed by atoms with Crippen LogP contribution in [0.25, 0.3) is 11.0 Å². The van der Waals surface area contributed by atoms with Crippen molar-refractivity contribution >= 4 is 28.8 Å². The fourth-order valence-corrected chi connectivity index (χ4v) is 3.87. The quantitative estimate of drug-likeness (QED) is 0.462. The van der Waals surface area contributed by atoms with Gasteiger partial charge in [0.15, 0.2) is 0 Å². The molecule has 1 aliphatic heterocycles. The number of carbonyl (C=O) groups excluding carboxylic acids is 3. The van der Waals surface area contributed by atoms with Crippen LogP contribution in [0.2, 0.25) is 0 Å². The van der Waals surface area contributed by atoms with Crippen LogP contribution in [-0.4, -0.2) is 45.3 Å². The standard InChI is InChI=1S/C23H24N4O3/c1-16-25-19-10-4-5-11-20(19)26(16)15-7-13-24-21(28)12-6-14-27-22(29)17-8-2-3-9-18(17)23(27)30/h2-5,8-11H,6-7,12-15H2,1H3,(H,24,28). The van der Waals surface area contributed by atoms with Crippen LogP contribution in [0.4, 0.5) is 0 Å².